The average Bonchev–Trinajstić information content (AvgIpc) is 2.67. The van der Waals surface area contributed by atoms with Gasteiger partial charge >= 0.3 is 0 Å². The lowest BCUT2D eigenvalue weighted by molar-refractivity contribution is 0.252. The van der Waals surface area contributed by atoms with E-state index in [4.69, 9.17) is 0 Å². The Kier molecular flexibility index (Phi) is 5.31. The summed E-state index contributed by atoms with van der Waals surface area (Å²) in [7, 11) is 0. The van der Waals surface area contributed by atoms with Gasteiger partial charge < -0.3 is 10.5 Å². The van der Waals surface area contributed by atoms with Crippen molar-refractivity contribution >= 4 is 5.71 Å². The second kappa shape index (κ2) is 7.63. The van der Waals surface area contributed by atoms with Crippen molar-refractivity contribution in [3.8, 4) is 0 Å². The van der Waals surface area contributed by atoms with E-state index in [0.717, 1.165) is 18.6 Å². The van der Waals surface area contributed by atoms with Gasteiger partial charge in [-0.25, -0.2) is 0 Å². The Labute approximate surface area is 144 Å². The largest absolute Gasteiger partial charge is 0.411 e. The topological polar surface area (TPSA) is 44.6 Å². The van der Waals surface area contributed by atoms with E-state index in [1.807, 2.05) is 12.1 Å². The minimum atomic E-state index is 0.162. The molecule has 0 amide bonds. The van der Waals surface area contributed by atoms with Crippen LogP contribution in [0.25, 0.3) is 0 Å². The zero-order valence-corrected chi connectivity index (χ0v) is 14.4. The van der Waals surface area contributed by atoms with Gasteiger partial charge in [-0.2, -0.15) is 0 Å². The van der Waals surface area contributed by atoms with Gasteiger partial charge in [0.05, 0.1) is 5.71 Å². The first-order valence-corrected chi connectivity index (χ1v) is 8.87. The highest BCUT2D eigenvalue weighted by Crippen LogP contribution is 2.41. The van der Waals surface area contributed by atoms with Crippen molar-refractivity contribution in [2.75, 3.05) is 0 Å². The summed E-state index contributed by atoms with van der Waals surface area (Å²) < 4.78 is 0. The Morgan fingerprint density at radius 3 is 1.54 bits per heavy atom. The van der Waals surface area contributed by atoms with Gasteiger partial charge in [0.15, 0.2) is 0 Å². The summed E-state index contributed by atoms with van der Waals surface area (Å²) >= 11 is 0. The summed E-state index contributed by atoms with van der Waals surface area (Å²) in [6, 6.07) is 21.3. The van der Waals surface area contributed by atoms with Crippen LogP contribution in [0.3, 0.4) is 0 Å². The zero-order chi connectivity index (χ0) is 16.9. The molecule has 1 fully saturated rings. The number of rotatable bonds is 4. The Balaban J connectivity index is 2.04. The normalized spacial score (nSPS) is 28.8. The second-order valence-corrected chi connectivity index (χ2v) is 6.50. The van der Waals surface area contributed by atoms with Crippen LogP contribution in [-0.4, -0.2) is 10.9 Å². The predicted molar refractivity (Wildman–Crippen MR) is 98.3 cm³/mol. The van der Waals surface area contributed by atoms with Gasteiger partial charge in [0.1, 0.15) is 0 Å². The fraction of sp³-hybridized carbons (Fsp3) is 0.381. The molecule has 3 rings (SSSR count). The SMILES string of the molecule is CC[C@@H]1C(=NO)[C@@H](CC)[C@H](c2ccccc2)N[C@@H]1c1ccccc1. The number of hydrogen-bond donors (Lipinski definition) is 2. The summed E-state index contributed by atoms with van der Waals surface area (Å²) in [5.74, 6) is 0.421. The Morgan fingerprint density at radius 1 is 0.792 bits per heavy atom. The van der Waals surface area contributed by atoms with Gasteiger partial charge in [0.25, 0.3) is 0 Å². The standard InChI is InChI=1S/C21H26N2O/c1-3-17-19(15-11-7-5-8-12-15)22-20(16-13-9-6-10-14-16)18(4-2)21(17)23-24/h5-14,17-20,22,24H,3-4H2,1-2H3/t17-,18-,19-,20+/m0/s1. The number of oxime groups is 1. The van der Waals surface area contributed by atoms with E-state index in [0.29, 0.717) is 0 Å². The quantitative estimate of drug-likeness (QED) is 0.617. The summed E-state index contributed by atoms with van der Waals surface area (Å²) in [5.41, 5.74) is 3.43. The lowest BCUT2D eigenvalue weighted by atomic mass is 9.72. The first kappa shape index (κ1) is 16.7. The maximum atomic E-state index is 9.78. The van der Waals surface area contributed by atoms with Crippen LogP contribution in [0.2, 0.25) is 0 Å². The number of piperidine rings is 1. The minimum absolute atomic E-state index is 0.162. The molecule has 3 nitrogen and oxygen atoms in total. The van der Waals surface area contributed by atoms with Gasteiger partial charge in [-0.15, -0.1) is 0 Å². The van der Waals surface area contributed by atoms with Crippen molar-refractivity contribution in [1.82, 2.24) is 5.32 Å². The minimum Gasteiger partial charge on any atom is -0.411 e. The van der Waals surface area contributed by atoms with Crippen LogP contribution in [0.4, 0.5) is 0 Å². The fourth-order valence-corrected chi connectivity index (χ4v) is 4.06. The summed E-state index contributed by atoms with van der Waals surface area (Å²) in [5, 5.41) is 17.4. The molecule has 2 aromatic carbocycles. The number of nitrogens with one attached hydrogen (secondary N) is 1. The summed E-state index contributed by atoms with van der Waals surface area (Å²) in [4.78, 5) is 0. The number of benzene rings is 2. The van der Waals surface area contributed by atoms with E-state index >= 15 is 0 Å². The van der Waals surface area contributed by atoms with Gasteiger partial charge in [-0.3, -0.25) is 0 Å². The Morgan fingerprint density at radius 2 is 1.21 bits per heavy atom. The van der Waals surface area contributed by atoms with Crippen LogP contribution >= 0.6 is 0 Å². The average molecular weight is 322 g/mol. The molecule has 0 bridgehead atoms. The molecule has 0 spiro atoms. The maximum absolute atomic E-state index is 9.78. The molecule has 0 unspecified atom stereocenters. The molecule has 2 aromatic rings. The molecule has 3 heteroatoms. The summed E-state index contributed by atoms with van der Waals surface area (Å²) in [6.07, 6.45) is 1.90. The van der Waals surface area contributed by atoms with Gasteiger partial charge in [-0.1, -0.05) is 79.7 Å². The molecule has 1 aliphatic rings. The van der Waals surface area contributed by atoms with Crippen molar-refractivity contribution in [3.05, 3.63) is 71.8 Å². The molecule has 0 aliphatic carbocycles. The van der Waals surface area contributed by atoms with E-state index in [9.17, 15) is 5.21 Å². The molecule has 24 heavy (non-hydrogen) atoms. The van der Waals surface area contributed by atoms with Crippen molar-refractivity contribution in [1.29, 1.82) is 0 Å². The highest BCUT2D eigenvalue weighted by atomic mass is 16.4. The molecule has 2 N–H and O–H groups in total. The predicted octanol–water partition coefficient (Wildman–Crippen LogP) is 4.95. The third kappa shape index (κ3) is 3.09. The summed E-state index contributed by atoms with van der Waals surface area (Å²) in [6.45, 7) is 4.34. The van der Waals surface area contributed by atoms with Gasteiger partial charge in [-0.05, 0) is 24.0 Å². The van der Waals surface area contributed by atoms with E-state index in [1.54, 1.807) is 0 Å². The zero-order valence-electron chi connectivity index (χ0n) is 14.4. The first-order chi connectivity index (χ1) is 11.8. The Bertz CT molecular complexity index is 613. The van der Waals surface area contributed by atoms with Crippen molar-refractivity contribution in [2.45, 2.75) is 38.8 Å². The van der Waals surface area contributed by atoms with Crippen molar-refractivity contribution in [3.63, 3.8) is 0 Å². The molecule has 1 heterocycles. The lowest BCUT2D eigenvalue weighted by Crippen LogP contribution is -2.48. The maximum Gasteiger partial charge on any atom is 0.0670 e. The van der Waals surface area contributed by atoms with Crippen molar-refractivity contribution in [2.24, 2.45) is 17.0 Å². The molecule has 0 radical (unpaired) electrons. The smallest absolute Gasteiger partial charge is 0.0670 e. The number of hydrogen-bond acceptors (Lipinski definition) is 3. The van der Waals surface area contributed by atoms with Gasteiger partial charge in [0, 0.05) is 23.9 Å². The molecular formula is C21H26N2O. The van der Waals surface area contributed by atoms with Crippen LogP contribution in [0, 0.1) is 11.8 Å². The molecular weight excluding hydrogens is 296 g/mol. The Hall–Kier alpha value is -2.13. The van der Waals surface area contributed by atoms with Crippen LogP contribution in [0.1, 0.15) is 49.9 Å². The highest BCUT2D eigenvalue weighted by molar-refractivity contribution is 5.91. The van der Waals surface area contributed by atoms with E-state index in [-0.39, 0.29) is 23.9 Å². The van der Waals surface area contributed by atoms with Crippen LogP contribution in [-0.2, 0) is 0 Å². The van der Waals surface area contributed by atoms with E-state index in [2.05, 4.69) is 72.9 Å². The molecule has 4 atom stereocenters. The molecule has 1 saturated heterocycles. The van der Waals surface area contributed by atoms with E-state index < -0.39 is 0 Å². The molecule has 1 aliphatic heterocycles. The van der Waals surface area contributed by atoms with Crippen molar-refractivity contribution < 1.29 is 5.21 Å². The molecule has 0 aromatic heterocycles. The third-order valence-electron chi connectivity index (χ3n) is 5.24. The van der Waals surface area contributed by atoms with Crippen LogP contribution in [0.15, 0.2) is 65.8 Å². The van der Waals surface area contributed by atoms with E-state index in [1.165, 1.54) is 11.1 Å². The van der Waals surface area contributed by atoms with Crippen LogP contribution < -0.4 is 5.32 Å². The highest BCUT2D eigenvalue weighted by Gasteiger charge is 2.41. The monoisotopic (exact) mass is 322 g/mol. The molecule has 0 saturated carbocycles. The lowest BCUT2D eigenvalue weighted by Gasteiger charge is -2.43. The van der Waals surface area contributed by atoms with Crippen LogP contribution in [0.5, 0.6) is 0 Å². The second-order valence-electron chi connectivity index (χ2n) is 6.50. The molecule has 126 valence electrons. The van der Waals surface area contributed by atoms with Gasteiger partial charge in [0.2, 0.25) is 0 Å². The first-order valence-electron chi connectivity index (χ1n) is 8.87. The number of nitrogens with zero attached hydrogens (tertiary/aromatic N) is 1. The fourth-order valence-electron chi connectivity index (χ4n) is 4.06. The third-order valence-corrected chi connectivity index (χ3v) is 5.24.